The van der Waals surface area contributed by atoms with Crippen molar-refractivity contribution in [3.05, 3.63) is 30.1 Å². The molecule has 6 rings (SSSR count). The number of primary amides is 1. The van der Waals surface area contributed by atoms with Crippen LogP contribution >= 0.6 is 0 Å². The average molecular weight is 383 g/mol. The van der Waals surface area contributed by atoms with E-state index in [0.29, 0.717) is 17.5 Å². The molecule has 0 spiro atoms. The number of amides is 2. The van der Waals surface area contributed by atoms with Crippen LogP contribution in [0.5, 0.6) is 0 Å². The third kappa shape index (κ3) is 2.88. The predicted molar refractivity (Wildman–Crippen MR) is 103 cm³/mol. The number of ether oxygens (including phenoxy) is 1. The van der Waals surface area contributed by atoms with E-state index in [-0.39, 0.29) is 6.04 Å². The number of urea groups is 1. The van der Waals surface area contributed by atoms with Gasteiger partial charge in [0.1, 0.15) is 0 Å². The number of nitrogens with two attached hydrogens (primary N) is 1. The number of methoxy groups -OCH3 is 1. The van der Waals surface area contributed by atoms with Gasteiger partial charge in [-0.25, -0.2) is 9.59 Å². The summed E-state index contributed by atoms with van der Waals surface area (Å²) >= 11 is 0. The predicted octanol–water partition coefficient (Wildman–Crippen LogP) is 3.14. The van der Waals surface area contributed by atoms with Crippen molar-refractivity contribution in [3.8, 4) is 0 Å². The van der Waals surface area contributed by atoms with E-state index in [2.05, 4.69) is 4.98 Å². The fourth-order valence-electron chi connectivity index (χ4n) is 7.11. The van der Waals surface area contributed by atoms with Crippen LogP contribution < -0.4 is 5.73 Å². The zero-order valence-corrected chi connectivity index (χ0v) is 16.4. The summed E-state index contributed by atoms with van der Waals surface area (Å²) in [6.07, 6.45) is 9.45. The number of rotatable bonds is 5. The summed E-state index contributed by atoms with van der Waals surface area (Å²) in [5, 5.41) is 0. The Morgan fingerprint density at radius 1 is 1.11 bits per heavy atom. The molecule has 0 radical (unpaired) electrons. The van der Waals surface area contributed by atoms with Gasteiger partial charge in [-0.2, -0.15) is 0 Å². The standard InChI is InChI=1S/C22H29N3O3/c1-28-21(26)20(17-4-2-3-5-24-17)25(22(23)27)18-11-16(18)19-14-7-12-6-13(9-14)10-15(19)8-12/h2-5,12-16,18-20H,6-11H2,1H3,(H2,23,27). The van der Waals surface area contributed by atoms with E-state index in [1.54, 1.807) is 23.2 Å². The van der Waals surface area contributed by atoms with Crippen LogP contribution in [-0.2, 0) is 9.53 Å². The maximum atomic E-state index is 12.6. The summed E-state index contributed by atoms with van der Waals surface area (Å²) in [5.74, 6) is 4.12. The second-order valence-electron chi connectivity index (χ2n) is 9.40. The molecular formula is C22H29N3O3. The van der Waals surface area contributed by atoms with Gasteiger partial charge in [-0.15, -0.1) is 0 Å². The molecule has 3 unspecified atom stereocenters. The number of pyridine rings is 1. The van der Waals surface area contributed by atoms with Gasteiger partial charge >= 0.3 is 12.0 Å². The van der Waals surface area contributed by atoms with Gasteiger partial charge in [0.05, 0.1) is 12.8 Å². The fourth-order valence-corrected chi connectivity index (χ4v) is 7.11. The maximum Gasteiger partial charge on any atom is 0.334 e. The quantitative estimate of drug-likeness (QED) is 0.792. The fraction of sp³-hybridized carbons (Fsp3) is 0.682. The molecular weight excluding hydrogens is 354 g/mol. The number of nitrogens with zero attached hydrogens (tertiary/aromatic N) is 2. The second kappa shape index (κ2) is 6.75. The van der Waals surface area contributed by atoms with Gasteiger partial charge in [0.2, 0.25) is 0 Å². The van der Waals surface area contributed by atoms with Crippen molar-refractivity contribution < 1.29 is 14.3 Å². The van der Waals surface area contributed by atoms with Crippen LogP contribution in [0.25, 0.3) is 0 Å². The van der Waals surface area contributed by atoms with Gasteiger partial charge in [-0.3, -0.25) is 4.98 Å². The van der Waals surface area contributed by atoms with Gasteiger partial charge in [0.15, 0.2) is 6.04 Å². The Morgan fingerprint density at radius 3 is 2.32 bits per heavy atom. The molecule has 28 heavy (non-hydrogen) atoms. The van der Waals surface area contributed by atoms with Crippen molar-refractivity contribution in [2.24, 2.45) is 41.2 Å². The summed E-state index contributed by atoms with van der Waals surface area (Å²) < 4.78 is 5.02. The van der Waals surface area contributed by atoms with Gasteiger partial charge in [-0.1, -0.05) is 6.07 Å². The molecule has 5 aliphatic rings. The van der Waals surface area contributed by atoms with E-state index in [9.17, 15) is 9.59 Å². The van der Waals surface area contributed by atoms with Crippen LogP contribution in [0, 0.1) is 35.5 Å². The summed E-state index contributed by atoms with van der Waals surface area (Å²) in [6, 6.07) is 3.97. The first-order valence-corrected chi connectivity index (χ1v) is 10.6. The SMILES string of the molecule is COC(=O)C(c1ccccn1)N(C(N)=O)C1CC1C1C2CC3CC(C2)CC1C3. The highest BCUT2D eigenvalue weighted by Crippen LogP contribution is 2.63. The lowest BCUT2D eigenvalue weighted by Crippen LogP contribution is -2.49. The van der Waals surface area contributed by atoms with E-state index in [4.69, 9.17) is 10.5 Å². The minimum absolute atomic E-state index is 0.0196. The number of aromatic nitrogens is 1. The molecule has 5 fully saturated rings. The van der Waals surface area contributed by atoms with Crippen LogP contribution in [0.4, 0.5) is 4.79 Å². The largest absolute Gasteiger partial charge is 0.467 e. The van der Waals surface area contributed by atoms with Crippen LogP contribution in [0.2, 0.25) is 0 Å². The molecule has 0 aliphatic heterocycles. The van der Waals surface area contributed by atoms with Gasteiger partial charge in [-0.05, 0) is 86.2 Å². The molecule has 1 heterocycles. The number of carbonyl (C=O) groups excluding carboxylic acids is 2. The molecule has 0 aromatic carbocycles. The van der Waals surface area contributed by atoms with Crippen LogP contribution in [0.15, 0.2) is 24.4 Å². The molecule has 6 nitrogen and oxygen atoms in total. The van der Waals surface area contributed by atoms with Gasteiger partial charge < -0.3 is 15.4 Å². The van der Waals surface area contributed by atoms with Crippen molar-refractivity contribution in [2.75, 3.05) is 7.11 Å². The molecule has 5 saturated carbocycles. The first-order valence-electron chi connectivity index (χ1n) is 10.6. The lowest BCUT2D eigenvalue weighted by atomic mass is 9.51. The Balaban J connectivity index is 1.40. The number of carbonyl (C=O) groups is 2. The number of esters is 1. The van der Waals surface area contributed by atoms with Crippen molar-refractivity contribution in [2.45, 2.75) is 50.6 Å². The van der Waals surface area contributed by atoms with Crippen molar-refractivity contribution in [3.63, 3.8) is 0 Å². The van der Waals surface area contributed by atoms with Crippen LogP contribution in [0.3, 0.4) is 0 Å². The first kappa shape index (κ1) is 18.0. The van der Waals surface area contributed by atoms with E-state index in [0.717, 1.165) is 30.1 Å². The topological polar surface area (TPSA) is 85.5 Å². The molecule has 0 saturated heterocycles. The summed E-state index contributed by atoms with van der Waals surface area (Å²) in [7, 11) is 1.35. The molecule has 1 aromatic heterocycles. The van der Waals surface area contributed by atoms with Crippen molar-refractivity contribution in [1.29, 1.82) is 0 Å². The highest BCUT2D eigenvalue weighted by Gasteiger charge is 2.59. The lowest BCUT2D eigenvalue weighted by molar-refractivity contribution is -0.146. The Bertz CT molecular complexity index is 740. The Morgan fingerprint density at radius 2 is 1.79 bits per heavy atom. The van der Waals surface area contributed by atoms with E-state index >= 15 is 0 Å². The molecule has 2 N–H and O–H groups in total. The number of hydrogen-bond donors (Lipinski definition) is 1. The highest BCUT2D eigenvalue weighted by molar-refractivity contribution is 5.84. The average Bonchev–Trinajstić information content (AvgIpc) is 3.44. The number of hydrogen-bond acceptors (Lipinski definition) is 4. The molecule has 3 atom stereocenters. The Kier molecular flexibility index (Phi) is 4.33. The molecule has 6 heteroatoms. The van der Waals surface area contributed by atoms with Crippen molar-refractivity contribution >= 4 is 12.0 Å². The van der Waals surface area contributed by atoms with Crippen molar-refractivity contribution in [1.82, 2.24) is 9.88 Å². The van der Waals surface area contributed by atoms with Gasteiger partial charge in [0.25, 0.3) is 0 Å². The normalized spacial score (nSPS) is 38.7. The van der Waals surface area contributed by atoms with Crippen LogP contribution in [0.1, 0.15) is 50.3 Å². The monoisotopic (exact) mass is 383 g/mol. The summed E-state index contributed by atoms with van der Waals surface area (Å²) in [5.41, 5.74) is 6.31. The minimum atomic E-state index is -0.865. The summed E-state index contributed by atoms with van der Waals surface area (Å²) in [6.45, 7) is 0. The highest BCUT2D eigenvalue weighted by atomic mass is 16.5. The van der Waals surface area contributed by atoms with E-state index in [1.165, 1.54) is 39.2 Å². The molecule has 150 valence electrons. The first-order chi connectivity index (χ1) is 13.6. The molecule has 5 aliphatic carbocycles. The zero-order chi connectivity index (χ0) is 19.4. The maximum absolute atomic E-state index is 12.6. The zero-order valence-electron chi connectivity index (χ0n) is 16.4. The molecule has 1 aromatic rings. The smallest absolute Gasteiger partial charge is 0.334 e. The Labute approximate surface area is 165 Å². The lowest BCUT2D eigenvalue weighted by Gasteiger charge is -2.55. The third-order valence-electron chi connectivity index (χ3n) is 7.88. The van der Waals surface area contributed by atoms with Crippen LogP contribution in [-0.4, -0.2) is 35.0 Å². The molecule has 4 bridgehead atoms. The van der Waals surface area contributed by atoms with E-state index < -0.39 is 18.0 Å². The summed E-state index contributed by atoms with van der Waals surface area (Å²) in [4.78, 5) is 31.0. The minimum Gasteiger partial charge on any atom is -0.467 e. The van der Waals surface area contributed by atoms with Gasteiger partial charge in [0, 0.05) is 12.2 Å². The Hall–Kier alpha value is -2.11. The van der Waals surface area contributed by atoms with E-state index in [1.807, 2.05) is 6.07 Å². The third-order valence-corrected chi connectivity index (χ3v) is 7.88. The second-order valence-corrected chi connectivity index (χ2v) is 9.40. The molecule has 2 amide bonds.